The number of rotatable bonds is 5. The van der Waals surface area contributed by atoms with E-state index in [2.05, 4.69) is 11.9 Å². The molecule has 7 heteroatoms. The van der Waals surface area contributed by atoms with Gasteiger partial charge in [-0.1, -0.05) is 12.1 Å². The molecule has 0 bridgehead atoms. The maximum absolute atomic E-state index is 11.8. The summed E-state index contributed by atoms with van der Waals surface area (Å²) in [6, 6.07) is 3.52. The molecule has 0 aliphatic heterocycles. The van der Waals surface area contributed by atoms with Gasteiger partial charge in [0.15, 0.2) is 0 Å². The highest BCUT2D eigenvalue weighted by Crippen LogP contribution is 2.19. The van der Waals surface area contributed by atoms with E-state index in [0.717, 1.165) is 0 Å². The second-order valence-corrected chi connectivity index (χ2v) is 5.70. The van der Waals surface area contributed by atoms with E-state index in [1.54, 1.807) is 13.0 Å². The lowest BCUT2D eigenvalue weighted by molar-refractivity contribution is -0.117. The van der Waals surface area contributed by atoms with Crippen molar-refractivity contribution in [3.63, 3.8) is 0 Å². The summed E-state index contributed by atoms with van der Waals surface area (Å²) in [4.78, 5) is 11.7. The summed E-state index contributed by atoms with van der Waals surface area (Å²) in [7, 11) is -3.81. The zero-order valence-corrected chi connectivity index (χ0v) is 11.4. The molecule has 1 rings (SSSR count). The van der Waals surface area contributed by atoms with Crippen LogP contribution >= 0.6 is 0 Å². The SMILES string of the molecule is C=CCC(N)C(=O)Nc1cc(S(N)(=O)=O)ccc1C. The van der Waals surface area contributed by atoms with Gasteiger partial charge in [0.2, 0.25) is 15.9 Å². The highest BCUT2D eigenvalue weighted by molar-refractivity contribution is 7.89. The van der Waals surface area contributed by atoms with Crippen molar-refractivity contribution in [1.82, 2.24) is 0 Å². The normalized spacial score (nSPS) is 12.8. The van der Waals surface area contributed by atoms with Crippen molar-refractivity contribution in [1.29, 1.82) is 0 Å². The quantitative estimate of drug-likeness (QED) is 0.682. The summed E-state index contributed by atoms with van der Waals surface area (Å²) in [6.45, 7) is 5.24. The zero-order chi connectivity index (χ0) is 14.6. The highest BCUT2D eigenvalue weighted by Gasteiger charge is 2.15. The van der Waals surface area contributed by atoms with E-state index < -0.39 is 22.0 Å². The summed E-state index contributed by atoms with van der Waals surface area (Å²) in [5, 5.41) is 7.61. The van der Waals surface area contributed by atoms with Crippen molar-refractivity contribution in [3.05, 3.63) is 36.4 Å². The number of nitrogens with one attached hydrogen (secondary N) is 1. The fraction of sp³-hybridized carbons (Fsp3) is 0.250. The Labute approximate surface area is 112 Å². The van der Waals surface area contributed by atoms with Crippen molar-refractivity contribution < 1.29 is 13.2 Å². The van der Waals surface area contributed by atoms with Gasteiger partial charge >= 0.3 is 0 Å². The monoisotopic (exact) mass is 283 g/mol. The molecule has 0 radical (unpaired) electrons. The number of primary sulfonamides is 1. The molecular formula is C12H17N3O3S. The second kappa shape index (κ2) is 5.96. The lowest BCUT2D eigenvalue weighted by Gasteiger charge is -2.13. The third kappa shape index (κ3) is 4.16. The summed E-state index contributed by atoms with van der Waals surface area (Å²) in [5.41, 5.74) is 6.71. The third-order valence-electron chi connectivity index (χ3n) is 2.55. The Kier molecular flexibility index (Phi) is 4.82. The molecule has 19 heavy (non-hydrogen) atoms. The Morgan fingerprint density at radius 1 is 1.53 bits per heavy atom. The molecule has 104 valence electrons. The number of carbonyl (C=O) groups is 1. The molecule has 6 nitrogen and oxygen atoms in total. The van der Waals surface area contributed by atoms with E-state index in [1.165, 1.54) is 18.2 Å². The number of amides is 1. The van der Waals surface area contributed by atoms with E-state index in [9.17, 15) is 13.2 Å². The number of hydrogen-bond acceptors (Lipinski definition) is 4. The van der Waals surface area contributed by atoms with Gasteiger partial charge in [-0.3, -0.25) is 4.79 Å². The van der Waals surface area contributed by atoms with Gasteiger partial charge in [-0.15, -0.1) is 6.58 Å². The van der Waals surface area contributed by atoms with Crippen LogP contribution in [0.5, 0.6) is 0 Å². The molecule has 0 fully saturated rings. The zero-order valence-electron chi connectivity index (χ0n) is 10.6. The second-order valence-electron chi connectivity index (χ2n) is 4.14. The average molecular weight is 283 g/mol. The van der Waals surface area contributed by atoms with Crippen LogP contribution in [0.25, 0.3) is 0 Å². The molecule has 1 unspecified atom stereocenters. The first kappa shape index (κ1) is 15.4. The minimum atomic E-state index is -3.81. The lowest BCUT2D eigenvalue weighted by Crippen LogP contribution is -2.35. The van der Waals surface area contributed by atoms with Crippen molar-refractivity contribution in [2.45, 2.75) is 24.3 Å². The largest absolute Gasteiger partial charge is 0.324 e. The molecule has 0 heterocycles. The van der Waals surface area contributed by atoms with Crippen LogP contribution in [-0.4, -0.2) is 20.4 Å². The molecule has 5 N–H and O–H groups in total. The molecule has 0 aliphatic rings. The first-order valence-electron chi connectivity index (χ1n) is 5.56. The maximum atomic E-state index is 11.8. The van der Waals surface area contributed by atoms with Gasteiger partial charge in [-0.2, -0.15) is 0 Å². The number of sulfonamides is 1. The van der Waals surface area contributed by atoms with Gasteiger partial charge in [0.25, 0.3) is 0 Å². The smallest absolute Gasteiger partial charge is 0.241 e. The van der Waals surface area contributed by atoms with Crippen molar-refractivity contribution in [3.8, 4) is 0 Å². The van der Waals surface area contributed by atoms with E-state index in [-0.39, 0.29) is 4.90 Å². The molecule has 1 aromatic carbocycles. The number of benzene rings is 1. The van der Waals surface area contributed by atoms with E-state index in [1.807, 2.05) is 0 Å². The number of carbonyl (C=O) groups excluding carboxylic acids is 1. The average Bonchev–Trinajstić information content (AvgIpc) is 2.30. The van der Waals surface area contributed by atoms with Crippen LogP contribution in [-0.2, 0) is 14.8 Å². The molecule has 1 amide bonds. The van der Waals surface area contributed by atoms with Crippen LogP contribution in [0.4, 0.5) is 5.69 Å². The van der Waals surface area contributed by atoms with E-state index >= 15 is 0 Å². The number of nitrogens with two attached hydrogens (primary N) is 2. The molecule has 1 aromatic rings. The summed E-state index contributed by atoms with van der Waals surface area (Å²) < 4.78 is 22.5. The summed E-state index contributed by atoms with van der Waals surface area (Å²) in [5.74, 6) is -0.408. The molecule has 0 saturated carbocycles. The van der Waals surface area contributed by atoms with E-state index in [0.29, 0.717) is 17.7 Å². The predicted molar refractivity (Wildman–Crippen MR) is 74.0 cm³/mol. The van der Waals surface area contributed by atoms with Crippen LogP contribution < -0.4 is 16.2 Å². The Hall–Kier alpha value is -1.70. The minimum absolute atomic E-state index is 0.0642. The standard InChI is InChI=1S/C12H17N3O3S/c1-3-4-10(13)12(16)15-11-7-9(19(14,17)18)6-5-8(11)2/h3,5-7,10H,1,4,13H2,2H3,(H,15,16)(H2,14,17,18). The highest BCUT2D eigenvalue weighted by atomic mass is 32.2. The van der Waals surface area contributed by atoms with Gasteiger partial charge in [-0.05, 0) is 31.0 Å². The van der Waals surface area contributed by atoms with Gasteiger partial charge in [0, 0.05) is 5.69 Å². The van der Waals surface area contributed by atoms with Gasteiger partial charge < -0.3 is 11.1 Å². The van der Waals surface area contributed by atoms with Crippen LogP contribution in [0.3, 0.4) is 0 Å². The minimum Gasteiger partial charge on any atom is -0.324 e. The number of hydrogen-bond donors (Lipinski definition) is 3. The topological polar surface area (TPSA) is 115 Å². The summed E-state index contributed by atoms with van der Waals surface area (Å²) in [6.07, 6.45) is 1.87. The van der Waals surface area contributed by atoms with Crippen molar-refractivity contribution in [2.75, 3.05) is 5.32 Å². The maximum Gasteiger partial charge on any atom is 0.241 e. The lowest BCUT2D eigenvalue weighted by atomic mass is 10.1. The number of anilines is 1. The first-order valence-corrected chi connectivity index (χ1v) is 7.11. The molecule has 0 saturated heterocycles. The van der Waals surface area contributed by atoms with Crippen molar-refractivity contribution in [2.24, 2.45) is 10.9 Å². The van der Waals surface area contributed by atoms with Gasteiger partial charge in [0.05, 0.1) is 10.9 Å². The molecule has 1 atom stereocenters. The Morgan fingerprint density at radius 2 is 2.16 bits per heavy atom. The molecule has 0 spiro atoms. The van der Waals surface area contributed by atoms with Gasteiger partial charge in [-0.25, -0.2) is 13.6 Å². The van der Waals surface area contributed by atoms with Crippen LogP contribution in [0, 0.1) is 6.92 Å². The Balaban J connectivity index is 3.01. The molecule has 0 aliphatic carbocycles. The number of aryl methyl sites for hydroxylation is 1. The summed E-state index contributed by atoms with van der Waals surface area (Å²) >= 11 is 0. The predicted octanol–water partition coefficient (Wildman–Crippen LogP) is 0.484. The van der Waals surface area contributed by atoms with Crippen LogP contribution in [0.1, 0.15) is 12.0 Å². The Morgan fingerprint density at radius 3 is 2.68 bits per heavy atom. The third-order valence-corrected chi connectivity index (χ3v) is 3.46. The Bertz CT molecular complexity index is 596. The van der Waals surface area contributed by atoms with Crippen LogP contribution in [0.2, 0.25) is 0 Å². The molecule has 0 aromatic heterocycles. The molecular weight excluding hydrogens is 266 g/mol. The fourth-order valence-electron chi connectivity index (χ4n) is 1.42. The van der Waals surface area contributed by atoms with Crippen LogP contribution in [0.15, 0.2) is 35.7 Å². The fourth-order valence-corrected chi connectivity index (χ4v) is 1.96. The van der Waals surface area contributed by atoms with Gasteiger partial charge in [0.1, 0.15) is 0 Å². The van der Waals surface area contributed by atoms with E-state index in [4.69, 9.17) is 10.9 Å². The van der Waals surface area contributed by atoms with Crippen molar-refractivity contribution >= 4 is 21.6 Å². The first-order chi connectivity index (χ1) is 8.75.